The third-order valence-electron chi connectivity index (χ3n) is 4.36. The number of carbonyl (C=O) groups excluding carboxylic acids is 1. The van der Waals surface area contributed by atoms with Gasteiger partial charge in [0.05, 0.1) is 13.3 Å². The Labute approximate surface area is 163 Å². The Morgan fingerprint density at radius 2 is 2.11 bits per heavy atom. The van der Waals surface area contributed by atoms with Crippen molar-refractivity contribution in [2.24, 2.45) is 0 Å². The van der Waals surface area contributed by atoms with Gasteiger partial charge in [0.25, 0.3) is 5.19 Å². The molecule has 2 aromatic carbocycles. The number of hydrogen-bond donors (Lipinski definition) is 0. The van der Waals surface area contributed by atoms with Crippen LogP contribution in [-0.4, -0.2) is 18.1 Å². The van der Waals surface area contributed by atoms with Gasteiger partial charge in [-0.1, -0.05) is 11.3 Å². The molecule has 1 atom stereocenters. The van der Waals surface area contributed by atoms with Crippen molar-refractivity contribution in [3.8, 4) is 16.7 Å². The second-order valence-corrected chi connectivity index (χ2v) is 7.16. The minimum absolute atomic E-state index is 0.212. The molecule has 3 aromatic rings. The van der Waals surface area contributed by atoms with Crippen LogP contribution in [0.1, 0.15) is 33.3 Å². The van der Waals surface area contributed by atoms with Gasteiger partial charge in [0, 0.05) is 5.56 Å². The van der Waals surface area contributed by atoms with Crippen LogP contribution in [0.2, 0.25) is 0 Å². The highest BCUT2D eigenvalue weighted by Crippen LogP contribution is 2.38. The van der Waals surface area contributed by atoms with Crippen LogP contribution in [0.25, 0.3) is 0 Å². The van der Waals surface area contributed by atoms with Crippen molar-refractivity contribution in [2.45, 2.75) is 18.9 Å². The van der Waals surface area contributed by atoms with Gasteiger partial charge < -0.3 is 14.2 Å². The summed E-state index contributed by atoms with van der Waals surface area (Å²) in [6.07, 6.45) is 1.99. The number of nitrogens with zero attached hydrogens (tertiary/aromatic N) is 1. The number of benzene rings is 2. The van der Waals surface area contributed by atoms with Gasteiger partial charge in [0.1, 0.15) is 34.1 Å². The maximum atomic E-state index is 14.0. The zero-order valence-electron chi connectivity index (χ0n) is 14.8. The topological polar surface area (TPSA) is 57.7 Å². The Bertz CT molecular complexity index is 1040. The lowest BCUT2D eigenvalue weighted by Gasteiger charge is -2.27. The summed E-state index contributed by atoms with van der Waals surface area (Å²) in [5.41, 5.74) is 1.11. The third kappa shape index (κ3) is 3.68. The fourth-order valence-corrected chi connectivity index (χ4v) is 3.71. The molecule has 0 radical (unpaired) electrons. The van der Waals surface area contributed by atoms with Crippen molar-refractivity contribution in [3.05, 3.63) is 70.2 Å². The second kappa shape index (κ2) is 7.55. The lowest BCUT2D eigenvalue weighted by molar-refractivity contribution is 0.0606. The van der Waals surface area contributed by atoms with Crippen LogP contribution >= 0.6 is 11.3 Å². The molecule has 8 heteroatoms. The van der Waals surface area contributed by atoms with Crippen LogP contribution in [0.15, 0.2) is 42.6 Å². The van der Waals surface area contributed by atoms with E-state index in [0.29, 0.717) is 34.4 Å². The number of methoxy groups -OCH3 is 1. The van der Waals surface area contributed by atoms with Gasteiger partial charge in [-0.3, -0.25) is 0 Å². The molecule has 0 fully saturated rings. The Morgan fingerprint density at radius 3 is 2.93 bits per heavy atom. The summed E-state index contributed by atoms with van der Waals surface area (Å²) in [5, 5.41) is 0.316. The number of aromatic nitrogens is 1. The average Bonchev–Trinajstić information content (AvgIpc) is 3.17. The molecular weight excluding hydrogens is 388 g/mol. The van der Waals surface area contributed by atoms with E-state index in [0.717, 1.165) is 29.0 Å². The van der Waals surface area contributed by atoms with Crippen molar-refractivity contribution < 1.29 is 27.8 Å². The first-order valence-electron chi connectivity index (χ1n) is 8.50. The summed E-state index contributed by atoms with van der Waals surface area (Å²) in [6.45, 7) is 0. The Balaban J connectivity index is 1.50. The van der Waals surface area contributed by atoms with Crippen molar-refractivity contribution in [3.63, 3.8) is 0 Å². The number of thiazole rings is 1. The van der Waals surface area contributed by atoms with Crippen LogP contribution in [0.5, 0.6) is 16.7 Å². The van der Waals surface area contributed by atoms with E-state index < -0.39 is 23.7 Å². The van der Waals surface area contributed by atoms with Crippen LogP contribution in [-0.2, 0) is 11.2 Å². The first kappa shape index (κ1) is 18.4. The lowest BCUT2D eigenvalue weighted by Crippen LogP contribution is -2.16. The van der Waals surface area contributed by atoms with Crippen LogP contribution in [0, 0.1) is 11.6 Å². The maximum Gasteiger partial charge on any atom is 0.349 e. The Kier molecular flexibility index (Phi) is 4.95. The minimum Gasteiger partial charge on any atom is -0.485 e. The first-order chi connectivity index (χ1) is 13.5. The van der Waals surface area contributed by atoms with Gasteiger partial charge in [-0.05, 0) is 54.8 Å². The number of carbonyl (C=O) groups is 1. The van der Waals surface area contributed by atoms with E-state index in [-0.39, 0.29) is 5.56 Å². The van der Waals surface area contributed by atoms with Crippen molar-refractivity contribution in [1.29, 1.82) is 0 Å². The molecule has 0 amide bonds. The zero-order chi connectivity index (χ0) is 19.7. The predicted molar refractivity (Wildman–Crippen MR) is 98.0 cm³/mol. The van der Waals surface area contributed by atoms with E-state index in [1.54, 1.807) is 12.1 Å². The summed E-state index contributed by atoms with van der Waals surface area (Å²) in [5.74, 6) is -0.309. The van der Waals surface area contributed by atoms with Crippen LogP contribution in [0.3, 0.4) is 0 Å². The van der Waals surface area contributed by atoms with Crippen LogP contribution < -0.4 is 9.47 Å². The Hall–Kier alpha value is -3.00. The van der Waals surface area contributed by atoms with E-state index in [2.05, 4.69) is 9.72 Å². The number of hydrogen-bond acceptors (Lipinski definition) is 6. The minimum atomic E-state index is -0.545. The summed E-state index contributed by atoms with van der Waals surface area (Å²) < 4.78 is 43.7. The molecule has 1 unspecified atom stereocenters. The number of esters is 1. The van der Waals surface area contributed by atoms with E-state index in [1.165, 1.54) is 19.4 Å². The van der Waals surface area contributed by atoms with E-state index in [1.807, 2.05) is 6.07 Å². The van der Waals surface area contributed by atoms with Gasteiger partial charge in [0.15, 0.2) is 0 Å². The average molecular weight is 403 g/mol. The van der Waals surface area contributed by atoms with Crippen molar-refractivity contribution in [2.75, 3.05) is 7.11 Å². The highest BCUT2D eigenvalue weighted by Gasteiger charge is 2.25. The lowest BCUT2D eigenvalue weighted by atomic mass is 9.97. The highest BCUT2D eigenvalue weighted by molar-refractivity contribution is 7.15. The second-order valence-electron chi connectivity index (χ2n) is 6.16. The van der Waals surface area contributed by atoms with E-state index in [4.69, 9.17) is 9.47 Å². The molecule has 28 heavy (non-hydrogen) atoms. The monoisotopic (exact) mass is 403 g/mol. The number of ether oxygens (including phenoxy) is 3. The molecule has 2 heterocycles. The first-order valence-corrected chi connectivity index (χ1v) is 9.31. The summed E-state index contributed by atoms with van der Waals surface area (Å²) in [6, 6.07) is 8.60. The molecule has 1 aliphatic rings. The SMILES string of the molecule is COC(=O)c1cnc(Oc2ccc3c(c2)CCC(c2cc(F)ccc2F)O3)s1. The number of aryl methyl sites for hydroxylation is 1. The van der Waals surface area contributed by atoms with Crippen molar-refractivity contribution in [1.82, 2.24) is 4.98 Å². The molecule has 0 N–H and O–H groups in total. The number of fused-ring (bicyclic) bond motifs is 1. The molecule has 0 saturated heterocycles. The molecule has 0 bridgehead atoms. The molecule has 0 saturated carbocycles. The fourth-order valence-electron chi connectivity index (χ4n) is 3.01. The molecule has 0 spiro atoms. The van der Waals surface area contributed by atoms with Gasteiger partial charge in [0.2, 0.25) is 0 Å². The predicted octanol–water partition coefficient (Wildman–Crippen LogP) is 5.07. The normalized spacial score (nSPS) is 15.5. The molecule has 144 valence electrons. The van der Waals surface area contributed by atoms with Gasteiger partial charge in [-0.2, -0.15) is 0 Å². The smallest absolute Gasteiger partial charge is 0.349 e. The molecule has 5 nitrogen and oxygen atoms in total. The fraction of sp³-hybridized carbons (Fsp3) is 0.200. The summed E-state index contributed by atoms with van der Waals surface area (Å²) >= 11 is 1.08. The van der Waals surface area contributed by atoms with Crippen LogP contribution in [0.4, 0.5) is 8.78 Å². The van der Waals surface area contributed by atoms with Gasteiger partial charge >= 0.3 is 5.97 Å². The number of halogens is 2. The van der Waals surface area contributed by atoms with Crippen molar-refractivity contribution >= 4 is 17.3 Å². The molecule has 1 aromatic heterocycles. The highest BCUT2D eigenvalue weighted by atomic mass is 32.1. The van der Waals surface area contributed by atoms with E-state index in [9.17, 15) is 13.6 Å². The third-order valence-corrected chi connectivity index (χ3v) is 5.21. The number of rotatable bonds is 4. The Morgan fingerprint density at radius 1 is 1.25 bits per heavy atom. The standard InChI is InChI=1S/C20H15F2NO4S/c1-25-19(24)18-10-23-20(28-18)26-13-4-7-16-11(8-13)2-6-17(27-16)14-9-12(21)3-5-15(14)22/h3-5,7-10,17H,2,6H2,1H3. The van der Waals surface area contributed by atoms with Gasteiger partial charge in [-0.15, -0.1) is 0 Å². The molecule has 4 rings (SSSR count). The summed E-state index contributed by atoms with van der Waals surface area (Å²) in [4.78, 5) is 15.9. The quantitative estimate of drug-likeness (QED) is 0.570. The summed E-state index contributed by atoms with van der Waals surface area (Å²) in [7, 11) is 1.30. The molecule has 1 aliphatic heterocycles. The van der Waals surface area contributed by atoms with E-state index >= 15 is 0 Å². The molecular formula is C20H15F2NO4S. The largest absolute Gasteiger partial charge is 0.485 e. The maximum absolute atomic E-state index is 14.0. The molecule has 0 aliphatic carbocycles. The van der Waals surface area contributed by atoms with Gasteiger partial charge in [-0.25, -0.2) is 18.6 Å². The zero-order valence-corrected chi connectivity index (χ0v) is 15.6.